The molecule has 0 aromatic carbocycles. The van der Waals surface area contributed by atoms with E-state index in [-0.39, 0.29) is 24.5 Å². The van der Waals surface area contributed by atoms with Crippen LogP contribution in [0.3, 0.4) is 0 Å². The van der Waals surface area contributed by atoms with Crippen molar-refractivity contribution in [1.82, 2.24) is 5.32 Å². The standard InChI is InChI=1S/C48H89NO5/c1-3-5-7-9-11-13-15-16-17-18-19-20-21-22-23-24-26-28-30-35-39-43-48(53)54-45(40-36-32-29-27-25-14-12-10-8-6-4-2)41-37-33-31-34-38-42-46(50)49-44-47(51)52/h15-16,18-19,45H,3-14,17,20-44H2,1-2H3,(H,49,50)(H,51,52)/b16-15-,19-18-. The van der Waals surface area contributed by atoms with Crippen LogP contribution in [0, 0.1) is 0 Å². The van der Waals surface area contributed by atoms with Crippen LogP contribution in [-0.4, -0.2) is 35.6 Å². The number of hydrogen-bond acceptors (Lipinski definition) is 4. The van der Waals surface area contributed by atoms with Gasteiger partial charge in [-0.3, -0.25) is 14.4 Å². The molecular formula is C48H89NO5. The van der Waals surface area contributed by atoms with Crippen molar-refractivity contribution in [2.24, 2.45) is 0 Å². The van der Waals surface area contributed by atoms with E-state index in [1.54, 1.807) is 0 Å². The van der Waals surface area contributed by atoms with E-state index >= 15 is 0 Å². The van der Waals surface area contributed by atoms with Crippen molar-refractivity contribution in [3.8, 4) is 0 Å². The highest BCUT2D eigenvalue weighted by Gasteiger charge is 2.14. The van der Waals surface area contributed by atoms with Gasteiger partial charge in [0, 0.05) is 12.8 Å². The predicted octanol–water partition coefficient (Wildman–Crippen LogP) is 14.7. The summed E-state index contributed by atoms with van der Waals surface area (Å²) in [6.45, 7) is 4.23. The van der Waals surface area contributed by atoms with Crippen LogP contribution >= 0.6 is 0 Å². The van der Waals surface area contributed by atoms with Gasteiger partial charge in [-0.2, -0.15) is 0 Å². The van der Waals surface area contributed by atoms with Crippen LogP contribution in [0.25, 0.3) is 0 Å². The zero-order valence-electron chi connectivity index (χ0n) is 35.8. The number of carboxylic acid groups (broad SMARTS) is 1. The monoisotopic (exact) mass is 760 g/mol. The number of hydrogen-bond donors (Lipinski definition) is 2. The van der Waals surface area contributed by atoms with Gasteiger partial charge in [-0.15, -0.1) is 0 Å². The molecule has 0 aromatic rings. The van der Waals surface area contributed by atoms with Crippen molar-refractivity contribution >= 4 is 17.8 Å². The molecule has 0 radical (unpaired) electrons. The second-order valence-electron chi connectivity index (χ2n) is 16.0. The van der Waals surface area contributed by atoms with Gasteiger partial charge in [-0.05, 0) is 70.6 Å². The number of aliphatic carboxylic acids is 1. The van der Waals surface area contributed by atoms with Gasteiger partial charge in [0.15, 0.2) is 0 Å². The number of carboxylic acids is 1. The number of carbonyl (C=O) groups excluding carboxylic acids is 2. The fourth-order valence-corrected chi connectivity index (χ4v) is 7.14. The Labute approximate surface area is 334 Å². The minimum atomic E-state index is -1.01. The number of unbranched alkanes of at least 4 members (excludes halogenated alkanes) is 28. The van der Waals surface area contributed by atoms with E-state index in [1.807, 2.05) is 0 Å². The molecule has 54 heavy (non-hydrogen) atoms. The molecule has 0 aliphatic rings. The molecule has 1 atom stereocenters. The highest BCUT2D eigenvalue weighted by atomic mass is 16.5. The summed E-state index contributed by atoms with van der Waals surface area (Å²) in [6.07, 6.45) is 53.1. The van der Waals surface area contributed by atoms with Crippen molar-refractivity contribution in [2.75, 3.05) is 6.54 Å². The van der Waals surface area contributed by atoms with Crippen molar-refractivity contribution in [1.29, 1.82) is 0 Å². The van der Waals surface area contributed by atoms with Gasteiger partial charge in [-0.25, -0.2) is 0 Å². The molecule has 2 N–H and O–H groups in total. The summed E-state index contributed by atoms with van der Waals surface area (Å²) in [5, 5.41) is 11.1. The summed E-state index contributed by atoms with van der Waals surface area (Å²) in [4.78, 5) is 35.1. The maximum atomic E-state index is 12.8. The van der Waals surface area contributed by atoms with E-state index in [0.717, 1.165) is 70.6 Å². The van der Waals surface area contributed by atoms with E-state index in [0.29, 0.717) is 12.8 Å². The highest BCUT2D eigenvalue weighted by Crippen LogP contribution is 2.19. The molecule has 0 heterocycles. The third-order valence-corrected chi connectivity index (χ3v) is 10.6. The molecule has 0 fully saturated rings. The lowest BCUT2D eigenvalue weighted by molar-refractivity contribution is -0.150. The van der Waals surface area contributed by atoms with Crippen molar-refractivity contribution < 1.29 is 24.2 Å². The highest BCUT2D eigenvalue weighted by molar-refractivity contribution is 5.80. The summed E-state index contributed by atoms with van der Waals surface area (Å²) in [5.41, 5.74) is 0. The zero-order valence-corrected chi connectivity index (χ0v) is 35.8. The van der Waals surface area contributed by atoms with Gasteiger partial charge in [0.2, 0.25) is 5.91 Å². The molecule has 0 saturated heterocycles. The second kappa shape index (κ2) is 43.6. The van der Waals surface area contributed by atoms with E-state index in [1.165, 1.54) is 154 Å². The zero-order chi connectivity index (χ0) is 39.4. The maximum Gasteiger partial charge on any atom is 0.322 e. The Hall–Kier alpha value is -2.11. The Bertz CT molecular complexity index is 884. The molecule has 6 nitrogen and oxygen atoms in total. The number of ether oxygens (including phenoxy) is 1. The van der Waals surface area contributed by atoms with E-state index in [4.69, 9.17) is 9.84 Å². The number of allylic oxidation sites excluding steroid dienone is 4. The fraction of sp³-hybridized carbons (Fsp3) is 0.854. The molecule has 0 saturated carbocycles. The minimum Gasteiger partial charge on any atom is -0.480 e. The van der Waals surface area contributed by atoms with Gasteiger partial charge in [0.25, 0.3) is 0 Å². The van der Waals surface area contributed by atoms with Crippen LogP contribution in [0.1, 0.15) is 251 Å². The molecule has 0 bridgehead atoms. The molecule has 316 valence electrons. The predicted molar refractivity (Wildman–Crippen MR) is 231 cm³/mol. The normalized spacial score (nSPS) is 12.2. The van der Waals surface area contributed by atoms with Crippen molar-refractivity contribution in [3.63, 3.8) is 0 Å². The van der Waals surface area contributed by atoms with Crippen LogP contribution < -0.4 is 5.32 Å². The summed E-state index contributed by atoms with van der Waals surface area (Å²) >= 11 is 0. The Balaban J connectivity index is 4.05. The summed E-state index contributed by atoms with van der Waals surface area (Å²) in [6, 6.07) is 0. The van der Waals surface area contributed by atoms with E-state index < -0.39 is 5.97 Å². The van der Waals surface area contributed by atoms with E-state index in [2.05, 4.69) is 43.5 Å². The molecule has 0 aliphatic heterocycles. The molecule has 1 unspecified atom stereocenters. The molecule has 0 aliphatic carbocycles. The SMILES string of the molecule is CCCCCCC/C=C\C/C=C\CCCCCCCCCCCC(=O)OC(CCCCCCCCCCCCC)CCCCCCCC(=O)NCC(=O)O. The average molecular weight is 760 g/mol. The number of nitrogens with one attached hydrogen (secondary N) is 1. The van der Waals surface area contributed by atoms with Crippen molar-refractivity contribution in [3.05, 3.63) is 24.3 Å². The topological polar surface area (TPSA) is 92.7 Å². The smallest absolute Gasteiger partial charge is 0.322 e. The van der Waals surface area contributed by atoms with Crippen LogP contribution in [-0.2, 0) is 19.1 Å². The number of carbonyl (C=O) groups is 3. The maximum absolute atomic E-state index is 12.8. The third-order valence-electron chi connectivity index (χ3n) is 10.6. The number of rotatable bonds is 43. The molecule has 6 heteroatoms. The van der Waals surface area contributed by atoms with Crippen molar-refractivity contribution in [2.45, 2.75) is 258 Å². The molecule has 0 rings (SSSR count). The van der Waals surface area contributed by atoms with Crippen LogP contribution in [0.4, 0.5) is 0 Å². The Morgan fingerprint density at radius 2 is 0.852 bits per heavy atom. The third kappa shape index (κ3) is 42.6. The summed E-state index contributed by atoms with van der Waals surface area (Å²) in [7, 11) is 0. The lowest BCUT2D eigenvalue weighted by atomic mass is 10.0. The van der Waals surface area contributed by atoms with Gasteiger partial charge >= 0.3 is 11.9 Å². The number of amides is 1. The lowest BCUT2D eigenvalue weighted by Crippen LogP contribution is -2.28. The average Bonchev–Trinajstić information content (AvgIpc) is 3.16. The first-order chi connectivity index (χ1) is 26.5. The second-order valence-corrected chi connectivity index (χ2v) is 16.0. The Kier molecular flexibility index (Phi) is 41.9. The largest absolute Gasteiger partial charge is 0.480 e. The van der Waals surface area contributed by atoms with Crippen LogP contribution in [0.2, 0.25) is 0 Å². The molecule has 0 spiro atoms. The molecular weight excluding hydrogens is 671 g/mol. The molecule has 1 amide bonds. The van der Waals surface area contributed by atoms with Crippen LogP contribution in [0.15, 0.2) is 24.3 Å². The first kappa shape index (κ1) is 51.9. The van der Waals surface area contributed by atoms with Gasteiger partial charge in [-0.1, -0.05) is 192 Å². The van der Waals surface area contributed by atoms with Gasteiger partial charge < -0.3 is 15.2 Å². The number of esters is 1. The summed E-state index contributed by atoms with van der Waals surface area (Å²) < 4.78 is 6.04. The lowest BCUT2D eigenvalue weighted by Gasteiger charge is -2.18. The summed E-state index contributed by atoms with van der Waals surface area (Å²) in [5.74, 6) is -1.22. The van der Waals surface area contributed by atoms with Crippen LogP contribution in [0.5, 0.6) is 0 Å². The quantitative estimate of drug-likeness (QED) is 0.0367. The van der Waals surface area contributed by atoms with Gasteiger partial charge in [0.05, 0.1) is 0 Å². The Morgan fingerprint density at radius 3 is 1.28 bits per heavy atom. The fourth-order valence-electron chi connectivity index (χ4n) is 7.14. The molecule has 0 aromatic heterocycles. The first-order valence-electron chi connectivity index (χ1n) is 23.5. The van der Waals surface area contributed by atoms with Gasteiger partial charge in [0.1, 0.15) is 12.6 Å². The minimum absolute atomic E-state index is 0.0154. The Morgan fingerprint density at radius 1 is 0.481 bits per heavy atom. The van der Waals surface area contributed by atoms with E-state index in [9.17, 15) is 14.4 Å². The first-order valence-corrected chi connectivity index (χ1v) is 23.5.